The molecule has 0 aliphatic rings. The number of benzene rings is 2. The fourth-order valence-corrected chi connectivity index (χ4v) is 5.16. The lowest BCUT2D eigenvalue weighted by Gasteiger charge is -2.08. The summed E-state index contributed by atoms with van der Waals surface area (Å²) in [6.07, 6.45) is 0.193. The molecule has 0 saturated carbocycles. The van der Waals surface area contributed by atoms with Crippen LogP contribution < -0.4 is 4.72 Å². The summed E-state index contributed by atoms with van der Waals surface area (Å²) in [7, 11) is -7.03. The second kappa shape index (κ2) is 8.11. The monoisotopic (exact) mass is 387 g/mol. The molecule has 0 radical (unpaired) electrons. The van der Waals surface area contributed by atoms with Gasteiger partial charge in [-0.15, -0.1) is 0 Å². The number of halogens is 1. The first kappa shape index (κ1) is 18.9. The second-order valence-corrected chi connectivity index (χ2v) is 9.59. The van der Waals surface area contributed by atoms with Crippen molar-refractivity contribution in [1.29, 1.82) is 0 Å². The molecule has 0 aromatic heterocycles. The van der Waals surface area contributed by atoms with Crippen LogP contribution in [-0.2, 0) is 25.6 Å². The number of rotatable bonds is 8. The fraction of sp³-hybridized carbons (Fsp3) is 0.250. The van der Waals surface area contributed by atoms with Crippen molar-refractivity contribution in [2.24, 2.45) is 0 Å². The zero-order valence-electron chi connectivity index (χ0n) is 12.9. The van der Waals surface area contributed by atoms with E-state index in [0.29, 0.717) is 5.56 Å². The predicted octanol–water partition coefficient (Wildman–Crippen LogP) is 2.62. The average Bonchev–Trinajstić information content (AvgIpc) is 2.52. The van der Waals surface area contributed by atoms with Crippen LogP contribution in [0.3, 0.4) is 0 Å². The molecule has 0 saturated heterocycles. The average molecular weight is 388 g/mol. The number of hydrogen-bond acceptors (Lipinski definition) is 4. The summed E-state index contributed by atoms with van der Waals surface area (Å²) in [6, 6.07) is 15.0. The van der Waals surface area contributed by atoms with Crippen molar-refractivity contribution >= 4 is 31.5 Å². The highest BCUT2D eigenvalue weighted by Crippen LogP contribution is 2.20. The molecule has 130 valence electrons. The van der Waals surface area contributed by atoms with Crippen molar-refractivity contribution in [3.05, 3.63) is 65.2 Å². The van der Waals surface area contributed by atoms with Gasteiger partial charge in [-0.1, -0.05) is 54.1 Å². The van der Waals surface area contributed by atoms with Gasteiger partial charge in [0, 0.05) is 6.54 Å². The van der Waals surface area contributed by atoms with E-state index in [4.69, 9.17) is 11.6 Å². The minimum atomic E-state index is -3.74. The van der Waals surface area contributed by atoms with Crippen molar-refractivity contribution < 1.29 is 16.8 Å². The first-order valence-electron chi connectivity index (χ1n) is 7.29. The molecule has 2 rings (SSSR count). The summed E-state index contributed by atoms with van der Waals surface area (Å²) in [6.45, 7) is 0.0293. The zero-order chi connectivity index (χ0) is 17.6. The lowest BCUT2D eigenvalue weighted by atomic mass is 10.2. The van der Waals surface area contributed by atoms with Gasteiger partial charge in [0.25, 0.3) is 0 Å². The van der Waals surface area contributed by atoms with Crippen LogP contribution in [0.4, 0.5) is 0 Å². The van der Waals surface area contributed by atoms with E-state index >= 15 is 0 Å². The van der Waals surface area contributed by atoms with Gasteiger partial charge in [-0.25, -0.2) is 21.6 Å². The van der Waals surface area contributed by atoms with E-state index in [1.54, 1.807) is 36.4 Å². The first-order valence-corrected chi connectivity index (χ1v) is 11.0. The molecule has 0 spiro atoms. The molecule has 2 aromatic carbocycles. The topological polar surface area (TPSA) is 80.3 Å². The summed E-state index contributed by atoms with van der Waals surface area (Å²) >= 11 is 5.87. The smallest absolute Gasteiger partial charge is 0.228 e. The molecule has 8 heteroatoms. The molecule has 0 bridgehead atoms. The van der Waals surface area contributed by atoms with Gasteiger partial charge in [-0.3, -0.25) is 0 Å². The van der Waals surface area contributed by atoms with E-state index in [0.717, 1.165) is 0 Å². The van der Waals surface area contributed by atoms with E-state index in [1.165, 1.54) is 12.1 Å². The van der Waals surface area contributed by atoms with E-state index in [1.807, 2.05) is 6.07 Å². The molecule has 0 amide bonds. The quantitative estimate of drug-likeness (QED) is 0.706. The third-order valence-corrected chi connectivity index (χ3v) is 6.92. The van der Waals surface area contributed by atoms with Crippen LogP contribution in [0.1, 0.15) is 12.0 Å². The van der Waals surface area contributed by atoms with Crippen molar-refractivity contribution in [1.82, 2.24) is 4.72 Å². The number of sulfonamides is 1. The molecule has 5 nitrogen and oxygen atoms in total. The molecular formula is C16H18ClNO4S2. The van der Waals surface area contributed by atoms with Gasteiger partial charge in [0.15, 0.2) is 9.84 Å². The normalized spacial score (nSPS) is 12.2. The summed E-state index contributed by atoms with van der Waals surface area (Å²) < 4.78 is 50.7. The fourth-order valence-electron chi connectivity index (χ4n) is 2.14. The van der Waals surface area contributed by atoms with E-state index in [-0.39, 0.29) is 34.4 Å². The van der Waals surface area contributed by atoms with Crippen LogP contribution >= 0.6 is 11.6 Å². The van der Waals surface area contributed by atoms with Gasteiger partial charge in [0.05, 0.1) is 16.5 Å². The van der Waals surface area contributed by atoms with Crippen LogP contribution in [0, 0.1) is 0 Å². The number of nitrogens with one attached hydrogen (secondary N) is 1. The standard InChI is InChI=1S/C16H18ClNO4S2/c17-15-9-4-5-10-16(15)24(21,22)18-11-6-12-23(19,20)13-14-7-2-1-3-8-14/h1-5,7-10,18H,6,11-13H2. The summed E-state index contributed by atoms with van der Waals surface area (Å²) in [5, 5.41) is 0.127. The second-order valence-electron chi connectivity index (χ2n) is 5.26. The number of hydrogen-bond donors (Lipinski definition) is 1. The van der Waals surface area contributed by atoms with Crippen LogP contribution in [0.5, 0.6) is 0 Å². The lowest BCUT2D eigenvalue weighted by molar-refractivity contribution is 0.576. The maximum atomic E-state index is 12.1. The summed E-state index contributed by atoms with van der Waals surface area (Å²) in [5.41, 5.74) is 0.717. The Kier molecular flexibility index (Phi) is 6.40. The molecule has 24 heavy (non-hydrogen) atoms. The Hall–Kier alpha value is -1.41. The molecular weight excluding hydrogens is 370 g/mol. The summed E-state index contributed by atoms with van der Waals surface area (Å²) in [4.78, 5) is -0.0150. The predicted molar refractivity (Wildman–Crippen MR) is 95.2 cm³/mol. The van der Waals surface area contributed by atoms with Crippen LogP contribution in [0.25, 0.3) is 0 Å². The van der Waals surface area contributed by atoms with Crippen LogP contribution in [0.15, 0.2) is 59.5 Å². The highest BCUT2D eigenvalue weighted by molar-refractivity contribution is 7.90. The maximum absolute atomic E-state index is 12.1. The molecule has 0 fully saturated rings. The zero-order valence-corrected chi connectivity index (χ0v) is 15.2. The van der Waals surface area contributed by atoms with Gasteiger partial charge in [0.2, 0.25) is 10.0 Å². The Morgan fingerprint density at radius 1 is 0.875 bits per heavy atom. The highest BCUT2D eigenvalue weighted by atomic mass is 35.5. The van der Waals surface area contributed by atoms with Crippen molar-refractivity contribution in [3.8, 4) is 0 Å². The van der Waals surface area contributed by atoms with E-state index in [9.17, 15) is 16.8 Å². The molecule has 1 N–H and O–H groups in total. The van der Waals surface area contributed by atoms with Crippen LogP contribution in [0.2, 0.25) is 5.02 Å². The summed E-state index contributed by atoms with van der Waals surface area (Å²) in [5.74, 6) is -0.141. The third kappa shape index (κ3) is 5.59. The highest BCUT2D eigenvalue weighted by Gasteiger charge is 2.17. The Balaban J connectivity index is 1.87. The van der Waals surface area contributed by atoms with Gasteiger partial charge < -0.3 is 0 Å². The van der Waals surface area contributed by atoms with Gasteiger partial charge in [-0.2, -0.15) is 0 Å². The third-order valence-electron chi connectivity index (χ3n) is 3.28. The number of sulfone groups is 1. The minimum Gasteiger partial charge on any atom is -0.228 e. The van der Waals surface area contributed by atoms with Gasteiger partial charge in [-0.05, 0) is 24.1 Å². The maximum Gasteiger partial charge on any atom is 0.242 e. The molecule has 0 heterocycles. The Labute approximate surface area is 147 Å². The van der Waals surface area contributed by atoms with Crippen molar-refractivity contribution in [2.45, 2.75) is 17.1 Å². The Bertz CT molecular complexity index is 881. The molecule has 0 aliphatic heterocycles. The van der Waals surface area contributed by atoms with Crippen molar-refractivity contribution in [3.63, 3.8) is 0 Å². The van der Waals surface area contributed by atoms with E-state index in [2.05, 4.69) is 4.72 Å². The molecule has 2 aromatic rings. The largest absolute Gasteiger partial charge is 0.242 e. The molecule has 0 atom stereocenters. The Morgan fingerprint density at radius 2 is 1.50 bits per heavy atom. The van der Waals surface area contributed by atoms with E-state index < -0.39 is 19.9 Å². The lowest BCUT2D eigenvalue weighted by Crippen LogP contribution is -2.26. The van der Waals surface area contributed by atoms with Crippen LogP contribution in [-0.4, -0.2) is 29.1 Å². The van der Waals surface area contributed by atoms with Crippen molar-refractivity contribution in [2.75, 3.05) is 12.3 Å². The first-order chi connectivity index (χ1) is 11.3. The molecule has 0 unspecified atom stereocenters. The molecule has 0 aliphatic carbocycles. The SMILES string of the molecule is O=S(=O)(CCCNS(=O)(=O)c1ccccc1Cl)Cc1ccccc1. The van der Waals surface area contributed by atoms with Gasteiger partial charge in [0.1, 0.15) is 4.90 Å². The van der Waals surface area contributed by atoms with Gasteiger partial charge >= 0.3 is 0 Å². The minimum absolute atomic E-state index is 0.0150. The Morgan fingerprint density at radius 3 is 2.17 bits per heavy atom.